The van der Waals surface area contributed by atoms with Crippen LogP contribution in [0.5, 0.6) is 0 Å². The lowest BCUT2D eigenvalue weighted by Crippen LogP contribution is -2.58. The Morgan fingerprint density at radius 3 is 2.28 bits per heavy atom. The molecule has 2 heterocycles. The number of benzene rings is 1. The Hall–Kier alpha value is -3.53. The molecule has 0 aliphatic heterocycles. The van der Waals surface area contributed by atoms with Crippen LogP contribution in [-0.4, -0.2) is 45.2 Å². The second-order valence-electron chi connectivity index (χ2n) is 6.60. The van der Waals surface area contributed by atoms with Gasteiger partial charge in [0, 0.05) is 23.3 Å². The predicted octanol–water partition coefficient (Wildman–Crippen LogP) is 1.81. The first-order valence-corrected chi connectivity index (χ1v) is 9.90. The Kier molecular flexibility index (Phi) is 5.34. The molecule has 3 amide bonds. The number of hydrogen-bond acceptors (Lipinski definition) is 6. The summed E-state index contributed by atoms with van der Waals surface area (Å²) < 4.78 is 0. The molecular weight excluding hydrogens is 392 g/mol. The highest BCUT2D eigenvalue weighted by Gasteiger charge is 2.34. The molecule has 1 aliphatic carbocycles. The van der Waals surface area contributed by atoms with Crippen LogP contribution in [0.25, 0.3) is 0 Å². The number of aromatic amines is 1. The number of aromatic nitrogens is 3. The highest BCUT2D eigenvalue weighted by Crippen LogP contribution is 2.21. The van der Waals surface area contributed by atoms with E-state index >= 15 is 0 Å². The highest BCUT2D eigenvalue weighted by atomic mass is 32.1. The molecule has 1 aliphatic rings. The molecule has 1 fully saturated rings. The minimum absolute atomic E-state index is 0.142. The van der Waals surface area contributed by atoms with Crippen LogP contribution in [0.3, 0.4) is 0 Å². The smallest absolute Gasteiger partial charge is 0.273 e. The SMILES string of the molecule is O=C(NC1CCC1NC(=O)c1cn[nH]n1)c1ccc(NC(=O)c2cccs2)cc1. The van der Waals surface area contributed by atoms with Crippen LogP contribution < -0.4 is 16.0 Å². The average Bonchev–Trinajstić information content (AvgIpc) is 3.43. The van der Waals surface area contributed by atoms with E-state index in [0.717, 1.165) is 12.8 Å². The minimum atomic E-state index is -0.325. The van der Waals surface area contributed by atoms with Gasteiger partial charge in [0.1, 0.15) is 0 Å². The summed E-state index contributed by atoms with van der Waals surface area (Å²) in [6.07, 6.45) is 2.91. The first-order chi connectivity index (χ1) is 14.1. The molecule has 0 radical (unpaired) electrons. The van der Waals surface area contributed by atoms with Crippen molar-refractivity contribution in [2.24, 2.45) is 0 Å². The number of rotatable bonds is 6. The summed E-state index contributed by atoms with van der Waals surface area (Å²) in [5, 5.41) is 20.2. The Morgan fingerprint density at radius 1 is 0.966 bits per heavy atom. The van der Waals surface area contributed by atoms with E-state index in [1.165, 1.54) is 17.5 Å². The molecule has 29 heavy (non-hydrogen) atoms. The van der Waals surface area contributed by atoms with Gasteiger partial charge in [-0.1, -0.05) is 6.07 Å². The van der Waals surface area contributed by atoms with E-state index in [1.807, 2.05) is 11.4 Å². The van der Waals surface area contributed by atoms with E-state index in [0.29, 0.717) is 16.1 Å². The molecule has 4 rings (SSSR count). The van der Waals surface area contributed by atoms with Gasteiger partial charge < -0.3 is 16.0 Å². The monoisotopic (exact) mass is 410 g/mol. The Labute approximate surface area is 169 Å². The van der Waals surface area contributed by atoms with Gasteiger partial charge in [0.15, 0.2) is 5.69 Å². The van der Waals surface area contributed by atoms with Crippen molar-refractivity contribution in [3.05, 3.63) is 64.1 Å². The Balaban J connectivity index is 1.30. The summed E-state index contributed by atoms with van der Waals surface area (Å²) in [5.74, 6) is -0.739. The number of carbonyl (C=O) groups is 3. The molecule has 2 unspecified atom stereocenters. The van der Waals surface area contributed by atoms with E-state index in [9.17, 15) is 14.4 Å². The van der Waals surface area contributed by atoms with Gasteiger partial charge in [0.2, 0.25) is 0 Å². The van der Waals surface area contributed by atoms with Crippen molar-refractivity contribution < 1.29 is 14.4 Å². The van der Waals surface area contributed by atoms with Crippen LogP contribution in [0.1, 0.15) is 43.4 Å². The van der Waals surface area contributed by atoms with Crippen LogP contribution >= 0.6 is 11.3 Å². The van der Waals surface area contributed by atoms with E-state index in [1.54, 1.807) is 30.3 Å². The quantitative estimate of drug-likeness (QED) is 0.493. The van der Waals surface area contributed by atoms with E-state index in [4.69, 9.17) is 0 Å². The number of nitrogens with zero attached hydrogens (tertiary/aromatic N) is 2. The largest absolute Gasteiger partial charge is 0.347 e. The summed E-state index contributed by atoms with van der Waals surface area (Å²) in [4.78, 5) is 37.2. The van der Waals surface area contributed by atoms with Crippen molar-refractivity contribution >= 4 is 34.7 Å². The molecule has 2 aromatic heterocycles. The zero-order chi connectivity index (χ0) is 20.2. The number of nitrogens with one attached hydrogen (secondary N) is 4. The van der Waals surface area contributed by atoms with Crippen molar-refractivity contribution in [3.8, 4) is 0 Å². The first-order valence-electron chi connectivity index (χ1n) is 9.02. The summed E-state index contributed by atoms with van der Waals surface area (Å²) >= 11 is 1.36. The second-order valence-corrected chi connectivity index (χ2v) is 7.55. The van der Waals surface area contributed by atoms with Gasteiger partial charge >= 0.3 is 0 Å². The zero-order valence-corrected chi connectivity index (χ0v) is 16.0. The van der Waals surface area contributed by atoms with Crippen molar-refractivity contribution in [3.63, 3.8) is 0 Å². The normalized spacial score (nSPS) is 17.8. The molecule has 0 bridgehead atoms. The average molecular weight is 410 g/mol. The third-order valence-electron chi connectivity index (χ3n) is 4.70. The standard InChI is InChI=1S/C19H18N6O3S/c26-17(22-13-7-8-14(13)23-18(27)15-10-20-25-24-15)11-3-5-12(6-4-11)21-19(28)16-2-1-9-29-16/h1-6,9-10,13-14H,7-8H2,(H,21,28)(H,22,26)(H,23,27)(H,20,24,25). The number of carbonyl (C=O) groups excluding carboxylic acids is 3. The van der Waals surface area contributed by atoms with Crippen LogP contribution in [0, 0.1) is 0 Å². The van der Waals surface area contributed by atoms with Gasteiger partial charge in [0.05, 0.1) is 11.1 Å². The first kappa shape index (κ1) is 18.8. The fraction of sp³-hybridized carbons (Fsp3) is 0.211. The third-order valence-corrected chi connectivity index (χ3v) is 5.57. The molecule has 9 nitrogen and oxygen atoms in total. The maximum Gasteiger partial charge on any atom is 0.273 e. The summed E-state index contributed by atoms with van der Waals surface area (Å²) in [7, 11) is 0. The zero-order valence-electron chi connectivity index (χ0n) is 15.2. The van der Waals surface area contributed by atoms with Crippen molar-refractivity contribution in [2.75, 3.05) is 5.32 Å². The lowest BCUT2D eigenvalue weighted by Gasteiger charge is -2.37. The number of thiophene rings is 1. The van der Waals surface area contributed by atoms with Gasteiger partial charge in [-0.3, -0.25) is 14.4 Å². The molecule has 3 aromatic rings. The van der Waals surface area contributed by atoms with Crippen LogP contribution in [0.4, 0.5) is 5.69 Å². The van der Waals surface area contributed by atoms with Crippen LogP contribution in [0.2, 0.25) is 0 Å². The predicted molar refractivity (Wildman–Crippen MR) is 107 cm³/mol. The maximum atomic E-state index is 12.5. The minimum Gasteiger partial charge on any atom is -0.347 e. The number of hydrogen-bond donors (Lipinski definition) is 4. The number of anilines is 1. The fourth-order valence-electron chi connectivity index (χ4n) is 2.96. The van der Waals surface area contributed by atoms with E-state index in [2.05, 4.69) is 31.4 Å². The molecule has 1 aromatic carbocycles. The molecular formula is C19H18N6O3S. The molecule has 0 saturated heterocycles. The van der Waals surface area contributed by atoms with Crippen molar-refractivity contribution in [1.82, 2.24) is 26.0 Å². The fourth-order valence-corrected chi connectivity index (χ4v) is 3.57. The lowest BCUT2D eigenvalue weighted by atomic mass is 9.86. The third kappa shape index (κ3) is 4.32. The maximum absolute atomic E-state index is 12.5. The van der Waals surface area contributed by atoms with Gasteiger partial charge in [-0.15, -0.1) is 11.3 Å². The number of amides is 3. The van der Waals surface area contributed by atoms with Crippen LogP contribution in [0.15, 0.2) is 48.0 Å². The Bertz CT molecular complexity index is 1000. The lowest BCUT2D eigenvalue weighted by molar-refractivity contribution is 0.0826. The summed E-state index contributed by atoms with van der Waals surface area (Å²) in [6.45, 7) is 0. The van der Waals surface area contributed by atoms with Gasteiger partial charge in [-0.25, -0.2) is 0 Å². The summed E-state index contributed by atoms with van der Waals surface area (Å²) in [5.41, 5.74) is 1.30. The van der Waals surface area contributed by atoms with E-state index < -0.39 is 0 Å². The van der Waals surface area contributed by atoms with Crippen LogP contribution in [-0.2, 0) is 0 Å². The van der Waals surface area contributed by atoms with Gasteiger partial charge in [-0.05, 0) is 48.6 Å². The molecule has 148 valence electrons. The summed E-state index contributed by atoms with van der Waals surface area (Å²) in [6, 6.07) is 9.95. The van der Waals surface area contributed by atoms with Crippen molar-refractivity contribution in [1.29, 1.82) is 0 Å². The molecule has 10 heteroatoms. The molecule has 0 spiro atoms. The second kappa shape index (κ2) is 8.23. The topological polar surface area (TPSA) is 129 Å². The van der Waals surface area contributed by atoms with Gasteiger partial charge in [0.25, 0.3) is 17.7 Å². The number of H-pyrrole nitrogens is 1. The Morgan fingerprint density at radius 2 is 1.69 bits per heavy atom. The van der Waals surface area contributed by atoms with E-state index in [-0.39, 0.29) is 35.5 Å². The highest BCUT2D eigenvalue weighted by molar-refractivity contribution is 7.12. The molecule has 1 saturated carbocycles. The van der Waals surface area contributed by atoms with Gasteiger partial charge in [-0.2, -0.15) is 15.4 Å². The molecule has 4 N–H and O–H groups in total. The molecule has 2 atom stereocenters. The van der Waals surface area contributed by atoms with Crippen molar-refractivity contribution in [2.45, 2.75) is 24.9 Å².